The Kier molecular flexibility index (Phi) is 6.12. The van der Waals surface area contributed by atoms with E-state index in [1.807, 2.05) is 17.0 Å². The van der Waals surface area contributed by atoms with E-state index in [-0.39, 0.29) is 17.9 Å². The van der Waals surface area contributed by atoms with Crippen molar-refractivity contribution in [3.05, 3.63) is 65.2 Å². The van der Waals surface area contributed by atoms with Gasteiger partial charge in [-0.1, -0.05) is 24.3 Å². The largest absolute Gasteiger partial charge is 0.497 e. The van der Waals surface area contributed by atoms with Crippen molar-refractivity contribution in [2.45, 2.75) is 25.7 Å². The number of piperidine rings is 1. The SMILES string of the molecule is COc1ccc(CC2CCN(C(=O)Cc3cccc(C(=O)O)c3)CC2)cc1. The van der Waals surface area contributed by atoms with Gasteiger partial charge in [-0.2, -0.15) is 0 Å². The summed E-state index contributed by atoms with van der Waals surface area (Å²) in [6.45, 7) is 1.52. The molecule has 0 saturated carbocycles. The first-order valence-electron chi connectivity index (χ1n) is 9.28. The molecule has 1 amide bonds. The normalized spacial score (nSPS) is 14.8. The number of nitrogens with zero attached hydrogens (tertiary/aromatic N) is 1. The van der Waals surface area contributed by atoms with Gasteiger partial charge in [0.1, 0.15) is 5.75 Å². The summed E-state index contributed by atoms with van der Waals surface area (Å²) in [6, 6.07) is 14.8. The second kappa shape index (κ2) is 8.71. The monoisotopic (exact) mass is 367 g/mol. The van der Waals surface area contributed by atoms with Crippen molar-refractivity contribution in [2.75, 3.05) is 20.2 Å². The lowest BCUT2D eigenvalue weighted by atomic mass is 9.90. The molecule has 0 bridgehead atoms. The summed E-state index contributed by atoms with van der Waals surface area (Å²) >= 11 is 0. The van der Waals surface area contributed by atoms with E-state index in [0.717, 1.165) is 43.7 Å². The molecule has 27 heavy (non-hydrogen) atoms. The van der Waals surface area contributed by atoms with Gasteiger partial charge in [-0.25, -0.2) is 4.79 Å². The van der Waals surface area contributed by atoms with Crippen molar-refractivity contribution in [2.24, 2.45) is 5.92 Å². The molecule has 1 aliphatic heterocycles. The minimum Gasteiger partial charge on any atom is -0.497 e. The number of methoxy groups -OCH3 is 1. The highest BCUT2D eigenvalue weighted by Gasteiger charge is 2.23. The molecule has 3 rings (SSSR count). The van der Waals surface area contributed by atoms with Gasteiger partial charge in [0.25, 0.3) is 0 Å². The number of hydrogen-bond acceptors (Lipinski definition) is 3. The first-order chi connectivity index (χ1) is 13.0. The lowest BCUT2D eigenvalue weighted by Crippen LogP contribution is -2.39. The number of ether oxygens (including phenoxy) is 1. The molecule has 5 nitrogen and oxygen atoms in total. The minimum atomic E-state index is -0.969. The van der Waals surface area contributed by atoms with Gasteiger partial charge in [-0.05, 0) is 60.6 Å². The average molecular weight is 367 g/mol. The average Bonchev–Trinajstić information content (AvgIpc) is 2.69. The summed E-state index contributed by atoms with van der Waals surface area (Å²) < 4.78 is 5.19. The fourth-order valence-electron chi connectivity index (χ4n) is 3.58. The van der Waals surface area contributed by atoms with E-state index < -0.39 is 5.97 Å². The van der Waals surface area contributed by atoms with Crippen LogP contribution >= 0.6 is 0 Å². The fourth-order valence-corrected chi connectivity index (χ4v) is 3.58. The third-order valence-electron chi connectivity index (χ3n) is 5.18. The molecule has 1 N–H and O–H groups in total. The molecule has 0 aromatic heterocycles. The molecule has 0 radical (unpaired) electrons. The summed E-state index contributed by atoms with van der Waals surface area (Å²) in [6.07, 6.45) is 3.26. The maximum Gasteiger partial charge on any atom is 0.335 e. The molecule has 1 heterocycles. The number of rotatable bonds is 6. The summed E-state index contributed by atoms with van der Waals surface area (Å²) in [4.78, 5) is 25.5. The van der Waals surface area contributed by atoms with Crippen LogP contribution in [0.5, 0.6) is 5.75 Å². The number of likely N-dealkylation sites (tertiary alicyclic amines) is 1. The molecule has 2 aromatic rings. The van der Waals surface area contributed by atoms with Crippen LogP contribution in [0.1, 0.15) is 34.3 Å². The smallest absolute Gasteiger partial charge is 0.335 e. The van der Waals surface area contributed by atoms with Crippen LogP contribution in [0, 0.1) is 5.92 Å². The highest BCUT2D eigenvalue weighted by Crippen LogP contribution is 2.23. The standard InChI is InChI=1S/C22H25NO4/c1-27-20-7-5-16(6-8-20)13-17-9-11-23(12-10-17)21(24)15-18-3-2-4-19(14-18)22(25)26/h2-8,14,17H,9-13,15H2,1H3,(H,25,26). The second-order valence-corrected chi connectivity index (χ2v) is 7.06. The Morgan fingerprint density at radius 2 is 1.78 bits per heavy atom. The Labute approximate surface area is 159 Å². The zero-order valence-corrected chi connectivity index (χ0v) is 15.6. The van der Waals surface area contributed by atoms with E-state index in [4.69, 9.17) is 9.84 Å². The van der Waals surface area contributed by atoms with E-state index in [2.05, 4.69) is 12.1 Å². The maximum absolute atomic E-state index is 12.5. The van der Waals surface area contributed by atoms with Gasteiger partial charge in [-0.15, -0.1) is 0 Å². The van der Waals surface area contributed by atoms with Crippen molar-refractivity contribution in [3.63, 3.8) is 0 Å². The Morgan fingerprint density at radius 3 is 2.41 bits per heavy atom. The van der Waals surface area contributed by atoms with Crippen LogP contribution in [0.2, 0.25) is 0 Å². The first-order valence-corrected chi connectivity index (χ1v) is 9.28. The Balaban J connectivity index is 1.50. The van der Waals surface area contributed by atoms with Crippen molar-refractivity contribution >= 4 is 11.9 Å². The van der Waals surface area contributed by atoms with Gasteiger partial charge >= 0.3 is 5.97 Å². The summed E-state index contributed by atoms with van der Waals surface area (Å²) in [7, 11) is 1.67. The van der Waals surface area contributed by atoms with Gasteiger partial charge in [0.05, 0.1) is 19.1 Å². The van der Waals surface area contributed by atoms with Crippen LogP contribution in [0.15, 0.2) is 48.5 Å². The third-order valence-corrected chi connectivity index (χ3v) is 5.18. The molecular weight excluding hydrogens is 342 g/mol. The number of amides is 1. The highest BCUT2D eigenvalue weighted by molar-refractivity contribution is 5.88. The van der Waals surface area contributed by atoms with E-state index in [1.165, 1.54) is 5.56 Å². The molecule has 2 aromatic carbocycles. The summed E-state index contributed by atoms with van der Waals surface area (Å²) in [5, 5.41) is 9.07. The van der Waals surface area contributed by atoms with Crippen molar-refractivity contribution in [1.82, 2.24) is 4.90 Å². The van der Waals surface area contributed by atoms with E-state index in [1.54, 1.807) is 31.4 Å². The zero-order valence-electron chi connectivity index (χ0n) is 15.6. The zero-order chi connectivity index (χ0) is 19.2. The van der Waals surface area contributed by atoms with Gasteiger partial charge in [-0.3, -0.25) is 4.79 Å². The molecule has 5 heteroatoms. The lowest BCUT2D eigenvalue weighted by Gasteiger charge is -2.32. The van der Waals surface area contributed by atoms with Crippen molar-refractivity contribution < 1.29 is 19.4 Å². The minimum absolute atomic E-state index is 0.0698. The number of hydrogen-bond donors (Lipinski definition) is 1. The van der Waals surface area contributed by atoms with Gasteiger partial charge < -0.3 is 14.7 Å². The van der Waals surface area contributed by atoms with Crippen molar-refractivity contribution in [1.29, 1.82) is 0 Å². The third kappa shape index (κ3) is 5.09. The molecule has 0 atom stereocenters. The van der Waals surface area contributed by atoms with Crippen LogP contribution in [0.3, 0.4) is 0 Å². The fraction of sp³-hybridized carbons (Fsp3) is 0.364. The number of carboxylic acids is 1. The second-order valence-electron chi connectivity index (χ2n) is 7.06. The van der Waals surface area contributed by atoms with Crippen LogP contribution in [0.25, 0.3) is 0 Å². The van der Waals surface area contributed by atoms with E-state index >= 15 is 0 Å². The number of benzene rings is 2. The molecule has 1 aliphatic rings. The molecule has 142 valence electrons. The van der Waals surface area contributed by atoms with E-state index in [0.29, 0.717) is 5.92 Å². The predicted molar refractivity (Wildman–Crippen MR) is 103 cm³/mol. The molecule has 0 spiro atoms. The molecule has 1 fully saturated rings. The molecule has 0 unspecified atom stereocenters. The number of carbonyl (C=O) groups is 2. The quantitative estimate of drug-likeness (QED) is 0.850. The Bertz CT molecular complexity index is 792. The molecular formula is C22H25NO4. The van der Waals surface area contributed by atoms with Gasteiger partial charge in [0, 0.05) is 13.1 Å². The maximum atomic E-state index is 12.5. The summed E-state index contributed by atoms with van der Waals surface area (Å²) in [5.74, 6) is 0.549. The predicted octanol–water partition coefficient (Wildman–Crippen LogP) is 3.42. The lowest BCUT2D eigenvalue weighted by molar-refractivity contribution is -0.131. The van der Waals surface area contributed by atoms with Gasteiger partial charge in [0.15, 0.2) is 0 Å². The van der Waals surface area contributed by atoms with Crippen LogP contribution < -0.4 is 4.74 Å². The van der Waals surface area contributed by atoms with Crippen LogP contribution in [0.4, 0.5) is 0 Å². The van der Waals surface area contributed by atoms with Crippen molar-refractivity contribution in [3.8, 4) is 5.75 Å². The molecule has 0 aliphatic carbocycles. The highest BCUT2D eigenvalue weighted by atomic mass is 16.5. The Hall–Kier alpha value is -2.82. The summed E-state index contributed by atoms with van der Waals surface area (Å²) in [5.41, 5.74) is 2.27. The Morgan fingerprint density at radius 1 is 1.07 bits per heavy atom. The number of carboxylic acid groups (broad SMARTS) is 1. The van der Waals surface area contributed by atoms with Crippen LogP contribution in [-0.2, 0) is 17.6 Å². The number of carbonyl (C=O) groups excluding carboxylic acids is 1. The first kappa shape index (κ1) is 19.0. The molecule has 1 saturated heterocycles. The number of aromatic carboxylic acids is 1. The van der Waals surface area contributed by atoms with E-state index in [9.17, 15) is 9.59 Å². The van der Waals surface area contributed by atoms with Gasteiger partial charge in [0.2, 0.25) is 5.91 Å². The van der Waals surface area contributed by atoms with Crippen LogP contribution in [-0.4, -0.2) is 42.1 Å². The topological polar surface area (TPSA) is 66.8 Å².